The second kappa shape index (κ2) is 6.06. The van der Waals surface area contributed by atoms with Crippen LogP contribution >= 0.6 is 0 Å². The van der Waals surface area contributed by atoms with Gasteiger partial charge in [-0.15, -0.1) is 0 Å². The Bertz CT molecular complexity index is 473. The summed E-state index contributed by atoms with van der Waals surface area (Å²) in [5.74, 6) is 0.580. The molecule has 0 radical (unpaired) electrons. The van der Waals surface area contributed by atoms with Gasteiger partial charge in [-0.05, 0) is 12.1 Å². The van der Waals surface area contributed by atoms with Gasteiger partial charge in [-0.3, -0.25) is 4.90 Å². The molecule has 1 N–H and O–H groups in total. The number of nitrogens with zero attached hydrogens (tertiary/aromatic N) is 3. The second-order valence-electron chi connectivity index (χ2n) is 4.46. The van der Waals surface area contributed by atoms with E-state index in [2.05, 4.69) is 4.98 Å². The highest BCUT2D eigenvalue weighted by Crippen LogP contribution is 2.29. The number of halogens is 3. The minimum Gasteiger partial charge on any atom is -0.354 e. The largest absolute Gasteiger partial charge is 0.417 e. The van der Waals surface area contributed by atoms with Crippen LogP contribution < -0.4 is 4.90 Å². The number of aromatic nitrogens is 1. The maximum atomic E-state index is 12.4. The Labute approximate surface area is 116 Å². The molecular weight excluding hydrogens is 295 g/mol. The fraction of sp³-hybridized carbons (Fsp3) is 0.545. The van der Waals surface area contributed by atoms with Gasteiger partial charge in [0, 0.05) is 32.4 Å². The molecule has 112 valence electrons. The van der Waals surface area contributed by atoms with Crippen LogP contribution in [0.15, 0.2) is 18.3 Å². The first kappa shape index (κ1) is 15.2. The summed E-state index contributed by atoms with van der Waals surface area (Å²) in [6.07, 6.45) is -3.56. The third-order valence-corrected chi connectivity index (χ3v) is 3.65. The van der Waals surface area contributed by atoms with Gasteiger partial charge in [0.2, 0.25) is 0 Å². The first-order valence-corrected chi connectivity index (χ1v) is 7.22. The third kappa shape index (κ3) is 3.90. The van der Waals surface area contributed by atoms with Gasteiger partial charge in [-0.2, -0.15) is 13.2 Å². The molecule has 0 aromatic carbocycles. The lowest BCUT2D eigenvalue weighted by Crippen LogP contribution is -2.47. The van der Waals surface area contributed by atoms with Gasteiger partial charge in [-0.1, -0.05) is 0 Å². The zero-order chi connectivity index (χ0) is 14.8. The van der Waals surface area contributed by atoms with Crippen LogP contribution in [0.1, 0.15) is 5.56 Å². The van der Waals surface area contributed by atoms with Crippen molar-refractivity contribution in [1.29, 1.82) is 0 Å². The Morgan fingerprint density at radius 1 is 1.25 bits per heavy atom. The first-order chi connectivity index (χ1) is 9.36. The van der Waals surface area contributed by atoms with E-state index in [0.717, 1.165) is 12.3 Å². The number of anilines is 1. The van der Waals surface area contributed by atoms with E-state index in [1.54, 1.807) is 0 Å². The Kier molecular flexibility index (Phi) is 4.61. The average molecular weight is 309 g/mol. The van der Waals surface area contributed by atoms with Crippen molar-refractivity contribution < 1.29 is 21.9 Å². The molecule has 1 aromatic heterocycles. The zero-order valence-corrected chi connectivity index (χ0v) is 11.3. The molecule has 9 heteroatoms. The van der Waals surface area contributed by atoms with Gasteiger partial charge in [0.1, 0.15) is 11.7 Å². The molecule has 1 atom stereocenters. The molecule has 0 bridgehead atoms. The number of alkyl halides is 3. The van der Waals surface area contributed by atoms with Crippen molar-refractivity contribution in [3.05, 3.63) is 23.9 Å². The minimum absolute atomic E-state index is 0.0915. The first-order valence-electron chi connectivity index (χ1n) is 5.94. The molecule has 0 aliphatic carbocycles. The lowest BCUT2D eigenvalue weighted by atomic mass is 10.2. The Morgan fingerprint density at radius 2 is 1.90 bits per heavy atom. The van der Waals surface area contributed by atoms with E-state index in [0.29, 0.717) is 32.0 Å². The fourth-order valence-electron chi connectivity index (χ4n) is 2.00. The van der Waals surface area contributed by atoms with Crippen LogP contribution in [0.2, 0.25) is 0 Å². The molecule has 0 saturated carbocycles. The van der Waals surface area contributed by atoms with Crippen molar-refractivity contribution in [2.45, 2.75) is 6.18 Å². The van der Waals surface area contributed by atoms with E-state index in [4.69, 9.17) is 4.55 Å². The summed E-state index contributed by atoms with van der Waals surface area (Å²) in [7, 11) is 0. The summed E-state index contributed by atoms with van der Waals surface area (Å²) in [5, 5.41) is 0. The molecule has 0 amide bonds. The van der Waals surface area contributed by atoms with Crippen molar-refractivity contribution in [1.82, 2.24) is 9.88 Å². The van der Waals surface area contributed by atoms with E-state index < -0.39 is 22.8 Å². The van der Waals surface area contributed by atoms with E-state index in [9.17, 15) is 17.4 Å². The quantitative estimate of drug-likeness (QED) is 0.856. The number of pyridine rings is 1. The SMILES string of the molecule is O=S(O)CN1CCN(c2ccc(C(F)(F)F)cn2)CC1. The molecular formula is C11H14F3N3O2S. The zero-order valence-electron chi connectivity index (χ0n) is 10.5. The molecule has 2 heterocycles. The normalized spacial score (nSPS) is 19.1. The maximum Gasteiger partial charge on any atom is 0.417 e. The summed E-state index contributed by atoms with van der Waals surface area (Å²) in [6.45, 7) is 2.29. The van der Waals surface area contributed by atoms with Gasteiger partial charge < -0.3 is 9.45 Å². The summed E-state index contributed by atoms with van der Waals surface area (Å²) in [5.41, 5.74) is -0.768. The molecule has 1 aliphatic heterocycles. The average Bonchev–Trinajstić information content (AvgIpc) is 2.38. The molecule has 1 fully saturated rings. The monoisotopic (exact) mass is 309 g/mol. The molecule has 1 saturated heterocycles. The van der Waals surface area contributed by atoms with Crippen molar-refractivity contribution in [2.75, 3.05) is 37.0 Å². The number of piperazine rings is 1. The van der Waals surface area contributed by atoms with E-state index in [1.165, 1.54) is 6.07 Å². The highest BCUT2D eigenvalue weighted by Gasteiger charge is 2.31. The smallest absolute Gasteiger partial charge is 0.354 e. The topological polar surface area (TPSA) is 56.7 Å². The molecule has 1 aromatic rings. The van der Waals surface area contributed by atoms with Gasteiger partial charge in [0.05, 0.1) is 5.56 Å². The standard InChI is InChI=1S/C11H14F3N3O2S/c12-11(13,14)9-1-2-10(15-7-9)17-5-3-16(4-6-17)8-20(18)19/h1-2,7H,3-6,8H2,(H,18,19). The number of hydrogen-bond donors (Lipinski definition) is 1. The van der Waals surface area contributed by atoms with Gasteiger partial charge >= 0.3 is 6.18 Å². The lowest BCUT2D eigenvalue weighted by Gasteiger charge is -2.34. The minimum atomic E-state index is -4.38. The van der Waals surface area contributed by atoms with Gasteiger partial charge in [0.15, 0.2) is 11.1 Å². The number of hydrogen-bond acceptors (Lipinski definition) is 4. The van der Waals surface area contributed by atoms with Crippen LogP contribution in [0.25, 0.3) is 0 Å². The number of rotatable bonds is 3. The van der Waals surface area contributed by atoms with E-state index in [1.807, 2.05) is 9.80 Å². The van der Waals surface area contributed by atoms with Crippen LogP contribution in [-0.2, 0) is 17.3 Å². The van der Waals surface area contributed by atoms with Gasteiger partial charge in [-0.25, -0.2) is 9.19 Å². The van der Waals surface area contributed by atoms with Crippen LogP contribution in [0.4, 0.5) is 19.0 Å². The molecule has 20 heavy (non-hydrogen) atoms. The summed E-state index contributed by atoms with van der Waals surface area (Å²) < 4.78 is 56.7. The van der Waals surface area contributed by atoms with E-state index in [-0.39, 0.29) is 5.88 Å². The lowest BCUT2D eigenvalue weighted by molar-refractivity contribution is -0.137. The van der Waals surface area contributed by atoms with E-state index >= 15 is 0 Å². The highest BCUT2D eigenvalue weighted by molar-refractivity contribution is 7.79. The maximum absolute atomic E-state index is 12.4. The molecule has 5 nitrogen and oxygen atoms in total. The van der Waals surface area contributed by atoms with Crippen LogP contribution in [0, 0.1) is 0 Å². The van der Waals surface area contributed by atoms with Crippen molar-refractivity contribution >= 4 is 16.9 Å². The van der Waals surface area contributed by atoms with Crippen molar-refractivity contribution in [2.24, 2.45) is 0 Å². The van der Waals surface area contributed by atoms with Crippen molar-refractivity contribution in [3.63, 3.8) is 0 Å². The van der Waals surface area contributed by atoms with Crippen LogP contribution in [0.5, 0.6) is 0 Å². The summed E-state index contributed by atoms with van der Waals surface area (Å²) >= 11 is -1.87. The Morgan fingerprint density at radius 3 is 2.35 bits per heavy atom. The molecule has 1 aliphatic rings. The van der Waals surface area contributed by atoms with Crippen LogP contribution in [0.3, 0.4) is 0 Å². The van der Waals surface area contributed by atoms with Crippen LogP contribution in [-0.4, -0.2) is 50.7 Å². The summed E-state index contributed by atoms with van der Waals surface area (Å²) in [4.78, 5) is 7.52. The molecule has 1 unspecified atom stereocenters. The fourth-order valence-corrected chi connectivity index (χ4v) is 2.57. The Hall–Kier alpha value is -1.19. The molecule has 0 spiro atoms. The third-order valence-electron chi connectivity index (χ3n) is 3.06. The van der Waals surface area contributed by atoms with Gasteiger partial charge in [0.25, 0.3) is 0 Å². The summed E-state index contributed by atoms with van der Waals surface area (Å²) in [6, 6.07) is 2.36. The highest BCUT2D eigenvalue weighted by atomic mass is 32.2. The second-order valence-corrected chi connectivity index (χ2v) is 5.36. The van der Waals surface area contributed by atoms with Crippen molar-refractivity contribution in [3.8, 4) is 0 Å². The Balaban J connectivity index is 1.95. The molecule has 2 rings (SSSR count). The predicted octanol–water partition coefficient (Wildman–Crippen LogP) is 1.40. The predicted molar refractivity (Wildman–Crippen MR) is 68.7 cm³/mol.